The number of ether oxygens (including phenoxy) is 2. The maximum atomic E-state index is 12.5. The van der Waals surface area contributed by atoms with Crippen LogP contribution in [0.3, 0.4) is 0 Å². The molecule has 122 valence electrons. The van der Waals surface area contributed by atoms with Gasteiger partial charge in [-0.2, -0.15) is 0 Å². The summed E-state index contributed by atoms with van der Waals surface area (Å²) in [5, 5.41) is 2.92. The predicted octanol–water partition coefficient (Wildman–Crippen LogP) is 2.98. The molecule has 0 fully saturated rings. The maximum absolute atomic E-state index is 12.5. The Morgan fingerprint density at radius 2 is 2.09 bits per heavy atom. The summed E-state index contributed by atoms with van der Waals surface area (Å²) < 4.78 is 11.2. The highest BCUT2D eigenvalue weighted by Crippen LogP contribution is 2.33. The molecular weight excluding hydrogens is 312 g/mol. The van der Waals surface area contributed by atoms with Crippen LogP contribution in [-0.4, -0.2) is 36.1 Å². The summed E-state index contributed by atoms with van der Waals surface area (Å²) in [6.07, 6.45) is 0.329. The Morgan fingerprint density at radius 1 is 1.35 bits per heavy atom. The number of hydrogen-bond donors (Lipinski definition) is 0. The number of amides is 1. The van der Waals surface area contributed by atoms with Crippen molar-refractivity contribution in [3.05, 3.63) is 39.8 Å². The number of fused-ring (bicyclic) bond motifs is 1. The molecular formula is C17H20N2O3S. The van der Waals surface area contributed by atoms with Crippen molar-refractivity contribution in [2.45, 2.75) is 26.3 Å². The average Bonchev–Trinajstić information content (AvgIpc) is 2.97. The van der Waals surface area contributed by atoms with Crippen LogP contribution in [0.1, 0.15) is 29.2 Å². The number of rotatable bonds is 4. The first-order chi connectivity index (χ1) is 11.0. The van der Waals surface area contributed by atoms with Crippen molar-refractivity contribution in [3.63, 3.8) is 0 Å². The van der Waals surface area contributed by atoms with Gasteiger partial charge in [-0.3, -0.25) is 4.79 Å². The summed E-state index contributed by atoms with van der Waals surface area (Å²) in [4.78, 5) is 18.6. The van der Waals surface area contributed by atoms with Gasteiger partial charge in [0, 0.05) is 12.4 Å². The lowest BCUT2D eigenvalue weighted by molar-refractivity contribution is -0.131. The first kappa shape index (κ1) is 15.8. The number of nitrogens with zero attached hydrogens (tertiary/aromatic N) is 2. The summed E-state index contributed by atoms with van der Waals surface area (Å²) >= 11 is 1.57. The SMILES string of the molecule is Cc1nc(CC(=O)N(C)[C@@H](C)c2ccc3c(c2)OCCO3)cs1. The largest absolute Gasteiger partial charge is 0.486 e. The van der Waals surface area contributed by atoms with E-state index in [0.717, 1.165) is 27.8 Å². The molecule has 0 aliphatic carbocycles. The molecule has 1 aliphatic heterocycles. The molecule has 2 aromatic rings. The number of aromatic nitrogens is 1. The number of thiazole rings is 1. The third kappa shape index (κ3) is 3.47. The van der Waals surface area contributed by atoms with E-state index < -0.39 is 0 Å². The number of carbonyl (C=O) groups is 1. The summed E-state index contributed by atoms with van der Waals surface area (Å²) in [6.45, 7) is 5.09. The van der Waals surface area contributed by atoms with Crippen molar-refractivity contribution in [3.8, 4) is 11.5 Å². The Kier molecular flexibility index (Phi) is 4.52. The van der Waals surface area contributed by atoms with Crippen LogP contribution in [0.25, 0.3) is 0 Å². The van der Waals surface area contributed by atoms with Crippen LogP contribution in [0, 0.1) is 6.92 Å². The molecule has 2 heterocycles. The zero-order valence-corrected chi connectivity index (χ0v) is 14.4. The van der Waals surface area contributed by atoms with Crippen LogP contribution < -0.4 is 9.47 Å². The molecule has 0 unspecified atom stereocenters. The zero-order chi connectivity index (χ0) is 16.4. The van der Waals surface area contributed by atoms with Crippen LogP contribution >= 0.6 is 11.3 Å². The molecule has 3 rings (SSSR count). The molecule has 0 saturated carbocycles. The van der Waals surface area contributed by atoms with E-state index in [0.29, 0.717) is 19.6 Å². The zero-order valence-electron chi connectivity index (χ0n) is 13.5. The molecule has 0 saturated heterocycles. The first-order valence-corrected chi connectivity index (χ1v) is 8.49. The van der Waals surface area contributed by atoms with Crippen molar-refractivity contribution in [1.29, 1.82) is 0 Å². The quantitative estimate of drug-likeness (QED) is 0.864. The highest BCUT2D eigenvalue weighted by molar-refractivity contribution is 7.09. The van der Waals surface area contributed by atoms with Gasteiger partial charge in [-0.05, 0) is 31.5 Å². The molecule has 6 heteroatoms. The molecule has 5 nitrogen and oxygen atoms in total. The predicted molar refractivity (Wildman–Crippen MR) is 89.2 cm³/mol. The third-order valence-corrected chi connectivity index (χ3v) is 4.84. The maximum Gasteiger partial charge on any atom is 0.228 e. The van der Waals surface area contributed by atoms with Crippen molar-refractivity contribution in [2.75, 3.05) is 20.3 Å². The normalized spacial score (nSPS) is 14.4. The molecule has 0 bridgehead atoms. The molecule has 1 aromatic heterocycles. The van der Waals surface area contributed by atoms with Gasteiger partial charge in [-0.1, -0.05) is 6.07 Å². The van der Waals surface area contributed by atoms with Gasteiger partial charge in [0.15, 0.2) is 11.5 Å². The number of aryl methyl sites for hydroxylation is 1. The Hall–Kier alpha value is -2.08. The van der Waals surface area contributed by atoms with Gasteiger partial charge in [-0.15, -0.1) is 11.3 Å². The minimum atomic E-state index is -0.0435. The third-order valence-electron chi connectivity index (χ3n) is 4.02. The van der Waals surface area contributed by atoms with E-state index >= 15 is 0 Å². The number of likely N-dealkylation sites (N-methyl/N-ethyl adjacent to an activating group) is 1. The van der Waals surface area contributed by atoms with Gasteiger partial charge in [0.1, 0.15) is 13.2 Å². The Balaban J connectivity index is 1.71. The molecule has 1 amide bonds. The minimum Gasteiger partial charge on any atom is -0.486 e. The smallest absolute Gasteiger partial charge is 0.228 e. The molecule has 23 heavy (non-hydrogen) atoms. The Bertz CT molecular complexity index is 714. The van der Waals surface area contributed by atoms with Crippen LogP contribution in [0.15, 0.2) is 23.6 Å². The fraction of sp³-hybridized carbons (Fsp3) is 0.412. The van der Waals surface area contributed by atoms with E-state index in [1.165, 1.54) is 0 Å². The molecule has 0 spiro atoms. The Labute approximate surface area is 139 Å². The first-order valence-electron chi connectivity index (χ1n) is 7.61. The van der Waals surface area contributed by atoms with E-state index in [9.17, 15) is 4.79 Å². The van der Waals surface area contributed by atoms with Crippen molar-refractivity contribution >= 4 is 17.2 Å². The van der Waals surface area contributed by atoms with Gasteiger partial charge in [0.05, 0.1) is 23.2 Å². The van der Waals surface area contributed by atoms with E-state index in [1.807, 2.05) is 44.5 Å². The number of benzene rings is 1. The van der Waals surface area contributed by atoms with Crippen molar-refractivity contribution < 1.29 is 14.3 Å². The average molecular weight is 332 g/mol. The van der Waals surface area contributed by atoms with E-state index in [-0.39, 0.29) is 11.9 Å². The van der Waals surface area contributed by atoms with E-state index in [2.05, 4.69) is 4.98 Å². The Morgan fingerprint density at radius 3 is 2.78 bits per heavy atom. The summed E-state index contributed by atoms with van der Waals surface area (Å²) in [7, 11) is 1.82. The van der Waals surface area contributed by atoms with Gasteiger partial charge in [0.2, 0.25) is 5.91 Å². The number of hydrogen-bond acceptors (Lipinski definition) is 5. The van der Waals surface area contributed by atoms with Gasteiger partial charge < -0.3 is 14.4 Å². The molecule has 0 N–H and O–H groups in total. The lowest BCUT2D eigenvalue weighted by Crippen LogP contribution is -2.31. The fourth-order valence-electron chi connectivity index (χ4n) is 2.53. The topological polar surface area (TPSA) is 51.7 Å². The van der Waals surface area contributed by atoms with Gasteiger partial charge >= 0.3 is 0 Å². The second-order valence-electron chi connectivity index (χ2n) is 5.62. The second kappa shape index (κ2) is 6.58. The van der Waals surface area contributed by atoms with Gasteiger partial charge in [-0.25, -0.2) is 4.98 Å². The van der Waals surface area contributed by atoms with Crippen LogP contribution in [-0.2, 0) is 11.2 Å². The monoisotopic (exact) mass is 332 g/mol. The minimum absolute atomic E-state index is 0.0435. The summed E-state index contributed by atoms with van der Waals surface area (Å²) in [5.74, 6) is 1.56. The number of carbonyl (C=O) groups excluding carboxylic acids is 1. The van der Waals surface area contributed by atoms with Crippen molar-refractivity contribution in [1.82, 2.24) is 9.88 Å². The molecule has 1 aromatic carbocycles. The van der Waals surface area contributed by atoms with Crippen molar-refractivity contribution in [2.24, 2.45) is 0 Å². The second-order valence-corrected chi connectivity index (χ2v) is 6.68. The van der Waals surface area contributed by atoms with Crippen LogP contribution in [0.2, 0.25) is 0 Å². The lowest BCUT2D eigenvalue weighted by atomic mass is 10.1. The molecule has 1 atom stereocenters. The highest BCUT2D eigenvalue weighted by atomic mass is 32.1. The van der Waals surface area contributed by atoms with E-state index in [1.54, 1.807) is 16.2 Å². The fourth-order valence-corrected chi connectivity index (χ4v) is 3.14. The van der Waals surface area contributed by atoms with Crippen LogP contribution in [0.4, 0.5) is 0 Å². The lowest BCUT2D eigenvalue weighted by Gasteiger charge is -2.27. The van der Waals surface area contributed by atoms with Gasteiger partial charge in [0.25, 0.3) is 0 Å². The molecule has 1 aliphatic rings. The summed E-state index contributed by atoms with van der Waals surface area (Å²) in [6, 6.07) is 5.80. The summed E-state index contributed by atoms with van der Waals surface area (Å²) in [5.41, 5.74) is 1.86. The standard InChI is InChI=1S/C17H20N2O3S/c1-11(13-4-5-15-16(8-13)22-7-6-21-15)19(3)17(20)9-14-10-23-12(2)18-14/h4-5,8,10-11H,6-7,9H2,1-3H3/t11-/m0/s1. The molecule has 0 radical (unpaired) electrons. The van der Waals surface area contributed by atoms with E-state index in [4.69, 9.17) is 9.47 Å². The van der Waals surface area contributed by atoms with Crippen LogP contribution in [0.5, 0.6) is 11.5 Å². The highest BCUT2D eigenvalue weighted by Gasteiger charge is 2.21.